The van der Waals surface area contributed by atoms with Crippen LogP contribution in [0.3, 0.4) is 0 Å². The number of rotatable bonds is 3. The Hall–Kier alpha value is -1.72. The van der Waals surface area contributed by atoms with Crippen LogP contribution < -0.4 is 11.1 Å². The molecule has 110 valence electrons. The highest BCUT2D eigenvalue weighted by atomic mass is 19.4. The Kier molecular flexibility index (Phi) is 3.92. The molecule has 3 nitrogen and oxygen atoms in total. The first-order valence-corrected chi connectivity index (χ1v) is 6.56. The van der Waals surface area contributed by atoms with Crippen LogP contribution in [-0.2, 0) is 6.18 Å². The zero-order valence-electron chi connectivity index (χ0n) is 11.1. The Morgan fingerprint density at radius 3 is 2.55 bits per heavy atom. The number of hydrogen-bond donors (Lipinski definition) is 2. The summed E-state index contributed by atoms with van der Waals surface area (Å²) in [7, 11) is 0. The van der Waals surface area contributed by atoms with Crippen molar-refractivity contribution in [2.24, 2.45) is 5.92 Å². The van der Waals surface area contributed by atoms with E-state index in [0.717, 1.165) is 37.5 Å². The van der Waals surface area contributed by atoms with Crippen LogP contribution >= 0.6 is 0 Å². The second kappa shape index (κ2) is 5.34. The molecule has 1 fully saturated rings. The average Bonchev–Trinajstić information content (AvgIpc) is 2.24. The van der Waals surface area contributed by atoms with E-state index in [2.05, 4.69) is 5.32 Å². The second-order valence-electron chi connectivity index (χ2n) is 5.25. The van der Waals surface area contributed by atoms with E-state index in [-0.39, 0.29) is 17.3 Å². The number of hydrogen-bond acceptors (Lipinski definition) is 2. The maximum Gasteiger partial charge on any atom is 0.416 e. The van der Waals surface area contributed by atoms with Crippen LogP contribution in [0.4, 0.5) is 18.9 Å². The minimum absolute atomic E-state index is 0.0507. The molecular weight excluding hydrogens is 269 g/mol. The fraction of sp³-hybridized carbons (Fsp3) is 0.500. The largest absolute Gasteiger partial charge is 0.416 e. The number of nitrogens with one attached hydrogen (secondary N) is 1. The average molecular weight is 286 g/mol. The number of benzene rings is 1. The highest BCUT2D eigenvalue weighted by molar-refractivity contribution is 5.99. The summed E-state index contributed by atoms with van der Waals surface area (Å²) < 4.78 is 37.9. The topological polar surface area (TPSA) is 55.1 Å². The normalized spacial score (nSPS) is 17.4. The van der Waals surface area contributed by atoms with Gasteiger partial charge in [-0.1, -0.05) is 6.42 Å². The van der Waals surface area contributed by atoms with E-state index >= 15 is 0 Å². The first-order valence-electron chi connectivity index (χ1n) is 6.56. The number of nitrogens with two attached hydrogens (primary N) is 1. The first-order chi connectivity index (χ1) is 9.29. The molecule has 3 N–H and O–H groups in total. The van der Waals surface area contributed by atoms with E-state index in [1.807, 2.05) is 6.92 Å². The lowest BCUT2D eigenvalue weighted by molar-refractivity contribution is -0.137. The van der Waals surface area contributed by atoms with Gasteiger partial charge in [0.25, 0.3) is 5.91 Å². The summed E-state index contributed by atoms with van der Waals surface area (Å²) in [6, 6.07) is 2.75. The number of nitrogen functional groups attached to an aromatic ring is 1. The van der Waals surface area contributed by atoms with Crippen LogP contribution in [0.5, 0.6) is 0 Å². The Morgan fingerprint density at radius 2 is 2.05 bits per heavy atom. The van der Waals surface area contributed by atoms with Gasteiger partial charge in [-0.2, -0.15) is 13.2 Å². The molecule has 1 atom stereocenters. The number of alkyl halides is 3. The summed E-state index contributed by atoms with van der Waals surface area (Å²) in [4.78, 5) is 12.0. The van der Waals surface area contributed by atoms with Gasteiger partial charge in [-0.15, -0.1) is 0 Å². The van der Waals surface area contributed by atoms with Crippen molar-refractivity contribution in [3.05, 3.63) is 29.3 Å². The lowest BCUT2D eigenvalue weighted by atomic mass is 9.80. The van der Waals surface area contributed by atoms with E-state index in [9.17, 15) is 18.0 Å². The van der Waals surface area contributed by atoms with Crippen molar-refractivity contribution in [2.45, 2.75) is 38.4 Å². The van der Waals surface area contributed by atoms with Gasteiger partial charge >= 0.3 is 6.18 Å². The highest BCUT2D eigenvalue weighted by Crippen LogP contribution is 2.32. The molecule has 20 heavy (non-hydrogen) atoms. The zero-order chi connectivity index (χ0) is 14.9. The molecule has 0 saturated heterocycles. The zero-order valence-corrected chi connectivity index (χ0v) is 11.1. The van der Waals surface area contributed by atoms with Crippen molar-refractivity contribution in [2.75, 3.05) is 5.73 Å². The molecule has 0 aromatic heterocycles. The number of halogens is 3. The SMILES string of the molecule is CC(NC(=O)c1cc(C(F)(F)F)ccc1N)C1CCC1. The molecule has 1 saturated carbocycles. The van der Waals surface area contributed by atoms with Gasteiger partial charge in [0.15, 0.2) is 0 Å². The molecule has 1 amide bonds. The molecule has 0 aliphatic heterocycles. The monoisotopic (exact) mass is 286 g/mol. The van der Waals surface area contributed by atoms with E-state index in [1.165, 1.54) is 0 Å². The van der Waals surface area contributed by atoms with Crippen LogP contribution in [0.1, 0.15) is 42.1 Å². The van der Waals surface area contributed by atoms with E-state index in [4.69, 9.17) is 5.73 Å². The van der Waals surface area contributed by atoms with Gasteiger partial charge in [0.2, 0.25) is 0 Å². The van der Waals surface area contributed by atoms with Gasteiger partial charge in [0.1, 0.15) is 0 Å². The van der Waals surface area contributed by atoms with Crippen molar-refractivity contribution in [3.63, 3.8) is 0 Å². The van der Waals surface area contributed by atoms with Gasteiger partial charge in [-0.25, -0.2) is 0 Å². The fourth-order valence-corrected chi connectivity index (χ4v) is 2.27. The third-order valence-electron chi connectivity index (χ3n) is 3.84. The summed E-state index contributed by atoms with van der Waals surface area (Å²) in [5, 5.41) is 2.73. The van der Waals surface area contributed by atoms with E-state index < -0.39 is 17.6 Å². The third-order valence-corrected chi connectivity index (χ3v) is 3.84. The van der Waals surface area contributed by atoms with Crippen LogP contribution in [0.2, 0.25) is 0 Å². The summed E-state index contributed by atoms with van der Waals surface area (Å²) in [6.45, 7) is 1.87. The Balaban J connectivity index is 2.16. The minimum atomic E-state index is -4.48. The molecular formula is C14H17F3N2O. The molecule has 1 unspecified atom stereocenters. The van der Waals surface area contributed by atoms with Gasteiger partial charge in [-0.3, -0.25) is 4.79 Å². The number of amides is 1. The molecule has 1 aliphatic carbocycles. The molecule has 6 heteroatoms. The first kappa shape index (κ1) is 14.7. The highest BCUT2D eigenvalue weighted by Gasteiger charge is 2.32. The number of carbonyl (C=O) groups is 1. The Bertz CT molecular complexity index is 510. The predicted molar refractivity (Wildman–Crippen MR) is 70.1 cm³/mol. The molecule has 1 aromatic rings. The maximum atomic E-state index is 12.6. The summed E-state index contributed by atoms with van der Waals surface area (Å²) >= 11 is 0. The van der Waals surface area contributed by atoms with Crippen molar-refractivity contribution in [1.82, 2.24) is 5.32 Å². The Labute approximate surface area is 115 Å². The van der Waals surface area contributed by atoms with Gasteiger partial charge < -0.3 is 11.1 Å². The molecule has 2 rings (SSSR count). The standard InChI is InChI=1S/C14H17F3N2O/c1-8(9-3-2-4-9)19-13(20)11-7-10(14(15,16)17)5-6-12(11)18/h5-9H,2-4,18H2,1H3,(H,19,20). The maximum absolute atomic E-state index is 12.6. The van der Waals surface area contributed by atoms with Crippen LogP contribution in [0.25, 0.3) is 0 Å². The quantitative estimate of drug-likeness (QED) is 0.838. The summed E-state index contributed by atoms with van der Waals surface area (Å²) in [5.41, 5.74) is 4.67. The van der Waals surface area contributed by atoms with Crippen molar-refractivity contribution in [1.29, 1.82) is 0 Å². The van der Waals surface area contributed by atoms with E-state index in [0.29, 0.717) is 5.92 Å². The lowest BCUT2D eigenvalue weighted by Crippen LogP contribution is -2.41. The van der Waals surface area contributed by atoms with Crippen molar-refractivity contribution >= 4 is 11.6 Å². The molecule has 0 spiro atoms. The number of carbonyl (C=O) groups excluding carboxylic acids is 1. The van der Waals surface area contributed by atoms with Crippen LogP contribution in [0.15, 0.2) is 18.2 Å². The molecule has 1 aromatic carbocycles. The molecule has 0 radical (unpaired) electrons. The summed E-state index contributed by atoms with van der Waals surface area (Å²) in [6.07, 6.45) is -1.27. The Morgan fingerprint density at radius 1 is 1.40 bits per heavy atom. The molecule has 1 aliphatic rings. The van der Waals surface area contributed by atoms with Gasteiger partial charge in [-0.05, 0) is 43.9 Å². The van der Waals surface area contributed by atoms with Crippen molar-refractivity contribution in [3.8, 4) is 0 Å². The van der Waals surface area contributed by atoms with Gasteiger partial charge in [0.05, 0.1) is 11.1 Å². The second-order valence-corrected chi connectivity index (χ2v) is 5.25. The van der Waals surface area contributed by atoms with Crippen LogP contribution in [-0.4, -0.2) is 11.9 Å². The minimum Gasteiger partial charge on any atom is -0.398 e. The predicted octanol–water partition coefficient (Wildman–Crippen LogP) is 3.21. The van der Waals surface area contributed by atoms with Gasteiger partial charge in [0, 0.05) is 11.7 Å². The van der Waals surface area contributed by atoms with Crippen molar-refractivity contribution < 1.29 is 18.0 Å². The lowest BCUT2D eigenvalue weighted by Gasteiger charge is -2.32. The third kappa shape index (κ3) is 3.05. The van der Waals surface area contributed by atoms with Crippen LogP contribution in [0, 0.1) is 5.92 Å². The molecule has 0 bridgehead atoms. The molecule has 0 heterocycles. The fourth-order valence-electron chi connectivity index (χ4n) is 2.27. The smallest absolute Gasteiger partial charge is 0.398 e. The van der Waals surface area contributed by atoms with E-state index in [1.54, 1.807) is 0 Å². The summed E-state index contributed by atoms with van der Waals surface area (Å²) in [5.74, 6) is -0.140. The number of anilines is 1.